The third-order valence-electron chi connectivity index (χ3n) is 5.43. The van der Waals surface area contributed by atoms with E-state index < -0.39 is 9.84 Å². The molecule has 6 nitrogen and oxygen atoms in total. The fraction of sp³-hybridized carbons (Fsp3) is 0.455. The summed E-state index contributed by atoms with van der Waals surface area (Å²) >= 11 is 1.71. The van der Waals surface area contributed by atoms with Crippen LogP contribution in [0.4, 0.5) is 0 Å². The quantitative estimate of drug-likeness (QED) is 0.493. The van der Waals surface area contributed by atoms with Crippen LogP contribution >= 0.6 is 11.3 Å². The molecule has 0 aliphatic heterocycles. The summed E-state index contributed by atoms with van der Waals surface area (Å²) < 4.78 is 27.1. The van der Waals surface area contributed by atoms with Gasteiger partial charge in [-0.25, -0.2) is 18.4 Å². The molecule has 0 amide bonds. The number of aromatic nitrogens is 3. The summed E-state index contributed by atoms with van der Waals surface area (Å²) in [6, 6.07) is 10.2. The molecule has 0 aliphatic carbocycles. The van der Waals surface area contributed by atoms with Gasteiger partial charge in [0, 0.05) is 18.0 Å². The molecule has 30 heavy (non-hydrogen) atoms. The molecule has 8 heteroatoms. The maximum Gasteiger partial charge on any atom is 0.227 e. The van der Waals surface area contributed by atoms with Crippen molar-refractivity contribution >= 4 is 21.2 Å². The predicted octanol–water partition coefficient (Wildman–Crippen LogP) is 4.19. The van der Waals surface area contributed by atoms with Gasteiger partial charge in [-0.05, 0) is 39.8 Å². The number of imidazole rings is 1. The van der Waals surface area contributed by atoms with Gasteiger partial charge in [-0.15, -0.1) is 11.3 Å². The van der Waals surface area contributed by atoms with Gasteiger partial charge in [0.1, 0.15) is 0 Å². The van der Waals surface area contributed by atoms with Crippen LogP contribution in [0.5, 0.6) is 0 Å². The summed E-state index contributed by atoms with van der Waals surface area (Å²) in [5, 5.41) is 1.23. The van der Waals surface area contributed by atoms with Crippen molar-refractivity contribution < 1.29 is 8.42 Å². The molecule has 0 radical (unpaired) electrons. The van der Waals surface area contributed by atoms with E-state index in [0.717, 1.165) is 22.8 Å². The van der Waals surface area contributed by atoms with Crippen molar-refractivity contribution in [2.45, 2.75) is 58.4 Å². The third-order valence-corrected chi connectivity index (χ3v) is 7.98. The Labute approximate surface area is 183 Å². The highest BCUT2D eigenvalue weighted by Gasteiger charge is 2.24. The van der Waals surface area contributed by atoms with Crippen molar-refractivity contribution in [1.82, 2.24) is 19.4 Å². The maximum absolute atomic E-state index is 12.6. The van der Waals surface area contributed by atoms with Crippen molar-refractivity contribution in [1.29, 1.82) is 0 Å². The summed E-state index contributed by atoms with van der Waals surface area (Å²) in [4.78, 5) is 12.4. The molecule has 0 fully saturated rings. The van der Waals surface area contributed by atoms with Crippen LogP contribution in [-0.4, -0.2) is 40.7 Å². The van der Waals surface area contributed by atoms with E-state index in [0.29, 0.717) is 13.1 Å². The van der Waals surface area contributed by atoms with Gasteiger partial charge in [0.2, 0.25) is 15.0 Å². The van der Waals surface area contributed by atoms with Crippen LogP contribution in [0.25, 0.3) is 0 Å². The molecular formula is C22H30N4O2S2. The summed E-state index contributed by atoms with van der Waals surface area (Å²) in [5.41, 5.74) is 3.15. The number of aryl methyl sites for hydroxylation is 3. The van der Waals surface area contributed by atoms with Gasteiger partial charge >= 0.3 is 0 Å². The average Bonchev–Trinajstić information content (AvgIpc) is 3.29. The molecule has 162 valence electrons. The van der Waals surface area contributed by atoms with E-state index in [1.54, 1.807) is 24.5 Å². The zero-order valence-electron chi connectivity index (χ0n) is 18.3. The fourth-order valence-corrected chi connectivity index (χ4v) is 5.48. The van der Waals surface area contributed by atoms with E-state index in [1.807, 2.05) is 36.7 Å². The molecule has 0 bridgehead atoms. The summed E-state index contributed by atoms with van der Waals surface area (Å²) in [6.07, 6.45) is 2.45. The highest BCUT2D eigenvalue weighted by atomic mass is 32.2. The minimum absolute atomic E-state index is 0.0400. The smallest absolute Gasteiger partial charge is 0.227 e. The lowest BCUT2D eigenvalue weighted by Gasteiger charge is -2.24. The average molecular weight is 447 g/mol. The molecule has 0 spiro atoms. The standard InChI is InChI=1S/C22H30N4O2S2/c1-6-30(27,28)22-23-14-20(26(22)13-12-19-10-8-7-9-11-19)15-25(5)16(2)21-17(3)29-18(4)24-21/h7-11,14,16H,6,12-13,15H2,1-5H3/t16-/m1/s1. The Morgan fingerprint density at radius 1 is 1.20 bits per heavy atom. The first-order chi connectivity index (χ1) is 14.2. The van der Waals surface area contributed by atoms with Crippen LogP contribution in [0.3, 0.4) is 0 Å². The van der Waals surface area contributed by atoms with Crippen LogP contribution in [0, 0.1) is 13.8 Å². The molecule has 1 aromatic carbocycles. The summed E-state index contributed by atoms with van der Waals surface area (Å²) in [5.74, 6) is 0.0400. The number of benzene rings is 1. The van der Waals surface area contributed by atoms with Gasteiger partial charge in [0.25, 0.3) is 0 Å². The number of hydrogen-bond donors (Lipinski definition) is 0. The number of rotatable bonds is 9. The van der Waals surface area contributed by atoms with Gasteiger partial charge in [-0.2, -0.15) is 0 Å². The van der Waals surface area contributed by atoms with E-state index in [9.17, 15) is 8.42 Å². The van der Waals surface area contributed by atoms with Gasteiger partial charge in [0.05, 0.1) is 34.4 Å². The maximum atomic E-state index is 12.6. The van der Waals surface area contributed by atoms with Crippen molar-refractivity contribution in [3.63, 3.8) is 0 Å². The second kappa shape index (κ2) is 9.41. The largest absolute Gasteiger partial charge is 0.317 e. The first-order valence-electron chi connectivity index (χ1n) is 10.2. The highest BCUT2D eigenvalue weighted by molar-refractivity contribution is 7.91. The zero-order valence-corrected chi connectivity index (χ0v) is 19.9. The van der Waals surface area contributed by atoms with Crippen LogP contribution < -0.4 is 0 Å². The van der Waals surface area contributed by atoms with Crippen LogP contribution in [0.1, 0.15) is 46.7 Å². The lowest BCUT2D eigenvalue weighted by Crippen LogP contribution is -2.25. The number of hydrogen-bond acceptors (Lipinski definition) is 6. The number of sulfone groups is 1. The molecule has 2 aromatic heterocycles. The number of thiazole rings is 1. The Morgan fingerprint density at radius 3 is 2.50 bits per heavy atom. The van der Waals surface area contributed by atoms with Crippen molar-refractivity contribution in [3.05, 3.63) is 63.4 Å². The van der Waals surface area contributed by atoms with Crippen LogP contribution in [0.2, 0.25) is 0 Å². The minimum atomic E-state index is -3.40. The molecule has 0 saturated carbocycles. The zero-order chi connectivity index (χ0) is 21.9. The molecule has 2 heterocycles. The van der Waals surface area contributed by atoms with E-state index >= 15 is 0 Å². The van der Waals surface area contributed by atoms with Crippen LogP contribution in [-0.2, 0) is 29.3 Å². The SMILES string of the molecule is CCS(=O)(=O)c1ncc(CN(C)[C@H](C)c2nc(C)sc2C)n1CCc1ccccc1. The molecule has 1 atom stereocenters. The Kier molecular flexibility index (Phi) is 7.10. The topological polar surface area (TPSA) is 68.1 Å². The first kappa shape index (κ1) is 22.7. The van der Waals surface area contributed by atoms with Gasteiger partial charge in [-0.3, -0.25) is 4.90 Å². The lowest BCUT2D eigenvalue weighted by atomic mass is 10.1. The second-order valence-corrected chi connectivity index (χ2v) is 11.2. The minimum Gasteiger partial charge on any atom is -0.317 e. The summed E-state index contributed by atoms with van der Waals surface area (Å²) in [6.45, 7) is 9.08. The molecule has 0 unspecified atom stereocenters. The molecule has 0 aliphatic rings. The van der Waals surface area contributed by atoms with Crippen LogP contribution in [0.15, 0.2) is 41.7 Å². The van der Waals surface area contributed by atoms with Gasteiger partial charge < -0.3 is 4.57 Å². The molecular weight excluding hydrogens is 416 g/mol. The van der Waals surface area contributed by atoms with Gasteiger partial charge in [0.15, 0.2) is 0 Å². The van der Waals surface area contributed by atoms with E-state index in [1.165, 1.54) is 10.4 Å². The monoisotopic (exact) mass is 446 g/mol. The van der Waals surface area contributed by atoms with Crippen molar-refractivity contribution in [2.24, 2.45) is 0 Å². The Hall–Kier alpha value is -2.03. The third kappa shape index (κ3) is 4.99. The lowest BCUT2D eigenvalue weighted by molar-refractivity contribution is 0.241. The van der Waals surface area contributed by atoms with E-state index in [-0.39, 0.29) is 17.0 Å². The fourth-order valence-electron chi connectivity index (χ4n) is 3.55. The van der Waals surface area contributed by atoms with Gasteiger partial charge in [-0.1, -0.05) is 37.3 Å². The normalized spacial score (nSPS) is 13.1. The Morgan fingerprint density at radius 2 is 1.90 bits per heavy atom. The van der Waals surface area contributed by atoms with Crippen molar-refractivity contribution in [3.8, 4) is 0 Å². The Balaban J connectivity index is 1.87. The molecule has 0 N–H and O–H groups in total. The Bertz CT molecular complexity index is 1090. The second-order valence-electron chi connectivity index (χ2n) is 7.59. The summed E-state index contributed by atoms with van der Waals surface area (Å²) in [7, 11) is -1.36. The van der Waals surface area contributed by atoms with E-state index in [4.69, 9.17) is 0 Å². The van der Waals surface area contributed by atoms with E-state index in [2.05, 4.69) is 40.8 Å². The molecule has 3 aromatic rings. The first-order valence-corrected chi connectivity index (χ1v) is 12.6. The molecule has 0 saturated heterocycles. The predicted molar refractivity (Wildman–Crippen MR) is 122 cm³/mol. The highest BCUT2D eigenvalue weighted by Crippen LogP contribution is 2.27. The van der Waals surface area contributed by atoms with Crippen molar-refractivity contribution in [2.75, 3.05) is 12.8 Å². The molecule has 3 rings (SSSR count). The number of nitrogens with zero attached hydrogens (tertiary/aromatic N) is 4.